The normalized spacial score (nSPS) is 10.3. The van der Waals surface area contributed by atoms with E-state index in [0.717, 1.165) is 12.8 Å². The average molecular weight is 158 g/mol. The Morgan fingerprint density at radius 2 is 1.82 bits per heavy atom. The Bertz CT molecular complexity index is 108. The van der Waals surface area contributed by atoms with Gasteiger partial charge in [0.05, 0.1) is 0 Å². The zero-order valence-corrected chi connectivity index (χ0v) is 8.08. The fraction of sp³-hybridized carbons (Fsp3) is 0.800. The van der Waals surface area contributed by atoms with Crippen LogP contribution >= 0.6 is 0 Å². The summed E-state index contributed by atoms with van der Waals surface area (Å²) in [7, 11) is 0. The molecule has 0 N–H and O–H groups in total. The molecule has 0 amide bonds. The molecule has 0 heterocycles. The largest absolute Gasteiger partial charge is 0.233 e. The number of hydrogen-bond acceptors (Lipinski definition) is 0. The first kappa shape index (κ1) is 13.1. The maximum atomic E-state index is 12.3. The molecule has 11 heavy (non-hydrogen) atoms. The first-order valence-electron chi connectivity index (χ1n) is 4.43. The molecule has 1 atom stereocenters. The van der Waals surface area contributed by atoms with Crippen LogP contribution in [-0.2, 0) is 0 Å². The second-order valence-electron chi connectivity index (χ2n) is 1.95. The monoisotopic (exact) mass is 158 g/mol. The van der Waals surface area contributed by atoms with Crippen molar-refractivity contribution in [3.63, 3.8) is 0 Å². The van der Waals surface area contributed by atoms with Crippen molar-refractivity contribution >= 4 is 0 Å². The molecule has 0 aromatic carbocycles. The summed E-state index contributed by atoms with van der Waals surface area (Å²) in [6, 6.07) is 0. The number of hydrogen-bond donors (Lipinski definition) is 0. The second kappa shape index (κ2) is 12.2. The number of rotatable bonds is 2. The maximum Gasteiger partial charge on any atom is 0.160 e. The van der Waals surface area contributed by atoms with Gasteiger partial charge in [-0.15, -0.1) is 5.92 Å². The van der Waals surface area contributed by atoms with Gasteiger partial charge in [0, 0.05) is 6.42 Å². The molecule has 0 radical (unpaired) electrons. The smallest absolute Gasteiger partial charge is 0.160 e. The molecule has 0 rings (SSSR count). The summed E-state index contributed by atoms with van der Waals surface area (Å²) >= 11 is 0. The van der Waals surface area contributed by atoms with Gasteiger partial charge in [-0.25, -0.2) is 4.39 Å². The lowest BCUT2D eigenvalue weighted by Gasteiger charge is -1.89. The fourth-order valence-corrected chi connectivity index (χ4v) is 0.410. The molecule has 0 saturated carbocycles. The van der Waals surface area contributed by atoms with Gasteiger partial charge in [0.15, 0.2) is 6.17 Å². The lowest BCUT2D eigenvalue weighted by atomic mass is 10.3. The number of halogens is 1. The molecule has 0 saturated heterocycles. The third-order valence-corrected chi connectivity index (χ3v) is 0.992. The maximum absolute atomic E-state index is 12.3. The van der Waals surface area contributed by atoms with E-state index in [-0.39, 0.29) is 0 Å². The molecular formula is C10H19F. The van der Waals surface area contributed by atoms with Gasteiger partial charge >= 0.3 is 0 Å². The summed E-state index contributed by atoms with van der Waals surface area (Å²) in [5.41, 5.74) is 0. The Balaban J connectivity index is 0. The van der Waals surface area contributed by atoms with Crippen molar-refractivity contribution in [3.8, 4) is 11.8 Å². The van der Waals surface area contributed by atoms with Gasteiger partial charge in [-0.2, -0.15) is 0 Å². The molecule has 0 aliphatic rings. The Kier molecular flexibility index (Phi) is 14.5. The van der Waals surface area contributed by atoms with Crippen LogP contribution in [0.5, 0.6) is 0 Å². The van der Waals surface area contributed by atoms with E-state index in [9.17, 15) is 4.39 Å². The molecule has 0 bridgehead atoms. The van der Waals surface area contributed by atoms with Crippen molar-refractivity contribution in [1.29, 1.82) is 0 Å². The van der Waals surface area contributed by atoms with E-state index in [1.54, 1.807) is 6.92 Å². The van der Waals surface area contributed by atoms with E-state index < -0.39 is 6.17 Å². The van der Waals surface area contributed by atoms with Crippen LogP contribution < -0.4 is 0 Å². The molecule has 0 aromatic heterocycles. The molecule has 1 unspecified atom stereocenters. The van der Waals surface area contributed by atoms with E-state index in [1.165, 1.54) is 0 Å². The van der Waals surface area contributed by atoms with Gasteiger partial charge in [-0.3, -0.25) is 0 Å². The fourth-order valence-electron chi connectivity index (χ4n) is 0.410. The van der Waals surface area contributed by atoms with Crippen LogP contribution in [0.1, 0.15) is 47.0 Å². The average Bonchev–Trinajstić information content (AvgIpc) is 2.08. The highest BCUT2D eigenvalue weighted by molar-refractivity contribution is 5.03. The minimum absolute atomic E-state index is 0.511. The molecule has 0 aliphatic carbocycles. The zero-order chi connectivity index (χ0) is 9.11. The summed E-state index contributed by atoms with van der Waals surface area (Å²) < 4.78 is 12.3. The first-order valence-corrected chi connectivity index (χ1v) is 4.43. The number of alkyl halides is 1. The predicted octanol–water partition coefficient (Wildman–Crippen LogP) is 3.56. The van der Waals surface area contributed by atoms with Crippen molar-refractivity contribution < 1.29 is 4.39 Å². The van der Waals surface area contributed by atoms with Gasteiger partial charge < -0.3 is 0 Å². The topological polar surface area (TPSA) is 0 Å². The minimum atomic E-state index is -0.906. The quantitative estimate of drug-likeness (QED) is 0.539. The highest BCUT2D eigenvalue weighted by atomic mass is 19.1. The van der Waals surface area contributed by atoms with Crippen LogP contribution in [0.25, 0.3) is 0 Å². The van der Waals surface area contributed by atoms with Gasteiger partial charge in [-0.05, 0) is 12.8 Å². The number of unbranched alkanes of at least 4 members (excludes halogenated alkanes) is 1. The summed E-state index contributed by atoms with van der Waals surface area (Å²) in [4.78, 5) is 0. The van der Waals surface area contributed by atoms with Crippen molar-refractivity contribution in [2.75, 3.05) is 0 Å². The van der Waals surface area contributed by atoms with Crippen LogP contribution in [0.15, 0.2) is 0 Å². The summed E-state index contributed by atoms with van der Waals surface area (Å²) in [6.07, 6.45) is 1.44. The predicted molar refractivity (Wildman–Crippen MR) is 49.2 cm³/mol. The lowest BCUT2D eigenvalue weighted by molar-refractivity contribution is 0.403. The Morgan fingerprint density at radius 3 is 2.18 bits per heavy atom. The van der Waals surface area contributed by atoms with Crippen LogP contribution in [0.2, 0.25) is 0 Å². The van der Waals surface area contributed by atoms with Crippen molar-refractivity contribution in [1.82, 2.24) is 0 Å². The van der Waals surface area contributed by atoms with E-state index in [1.807, 2.05) is 20.8 Å². The summed E-state index contributed by atoms with van der Waals surface area (Å²) in [5.74, 6) is 5.28. The highest BCUT2D eigenvalue weighted by Gasteiger charge is 1.92. The first-order chi connectivity index (χ1) is 5.31. The van der Waals surface area contributed by atoms with Crippen molar-refractivity contribution in [2.45, 2.75) is 53.1 Å². The summed E-state index contributed by atoms with van der Waals surface area (Å²) in [6.45, 7) is 7.83. The van der Waals surface area contributed by atoms with Crippen LogP contribution in [0, 0.1) is 11.8 Å². The van der Waals surface area contributed by atoms with Crippen molar-refractivity contribution in [2.24, 2.45) is 0 Å². The van der Waals surface area contributed by atoms with Crippen molar-refractivity contribution in [3.05, 3.63) is 0 Å². The Morgan fingerprint density at radius 1 is 1.27 bits per heavy atom. The zero-order valence-electron chi connectivity index (χ0n) is 8.08. The van der Waals surface area contributed by atoms with Crippen LogP contribution in [-0.4, -0.2) is 6.17 Å². The molecule has 0 spiro atoms. The molecule has 0 aliphatic heterocycles. The van der Waals surface area contributed by atoms with E-state index in [2.05, 4.69) is 11.8 Å². The van der Waals surface area contributed by atoms with Gasteiger partial charge in [0.2, 0.25) is 0 Å². The lowest BCUT2D eigenvalue weighted by Crippen LogP contribution is -1.90. The SMILES string of the molecule is CC.CCCC#CC(F)CC. The molecule has 0 fully saturated rings. The third kappa shape index (κ3) is 12.6. The third-order valence-electron chi connectivity index (χ3n) is 0.992. The summed E-state index contributed by atoms with van der Waals surface area (Å²) in [5, 5.41) is 0. The highest BCUT2D eigenvalue weighted by Crippen LogP contribution is 1.93. The van der Waals surface area contributed by atoms with E-state index in [0.29, 0.717) is 6.42 Å². The van der Waals surface area contributed by atoms with Crippen LogP contribution in [0.3, 0.4) is 0 Å². The minimum Gasteiger partial charge on any atom is -0.233 e. The van der Waals surface area contributed by atoms with Crippen LogP contribution in [0.4, 0.5) is 4.39 Å². The molecule has 1 heteroatoms. The van der Waals surface area contributed by atoms with Gasteiger partial charge in [0.1, 0.15) is 0 Å². The second-order valence-corrected chi connectivity index (χ2v) is 1.95. The molecule has 0 aromatic rings. The molecule has 66 valence electrons. The molecule has 0 nitrogen and oxygen atoms in total. The van der Waals surface area contributed by atoms with E-state index >= 15 is 0 Å². The van der Waals surface area contributed by atoms with E-state index in [4.69, 9.17) is 0 Å². The standard InChI is InChI=1S/C8H13F.C2H6/c1-3-5-6-7-8(9)4-2;1-2/h8H,3-5H2,1-2H3;1-2H3. The van der Waals surface area contributed by atoms with Gasteiger partial charge in [-0.1, -0.05) is 33.6 Å². The Hall–Kier alpha value is -0.510. The Labute approximate surface area is 70.2 Å². The van der Waals surface area contributed by atoms with Gasteiger partial charge in [0.25, 0.3) is 0 Å². The molecular weight excluding hydrogens is 139 g/mol.